The molecule has 7 heteroatoms. The van der Waals surface area contributed by atoms with Crippen molar-refractivity contribution in [2.24, 2.45) is 0 Å². The number of amides is 1. The zero-order valence-corrected chi connectivity index (χ0v) is 21.5. The lowest BCUT2D eigenvalue weighted by molar-refractivity contribution is 0.102. The highest BCUT2D eigenvalue weighted by Gasteiger charge is 2.14. The molecule has 0 fully saturated rings. The fourth-order valence-corrected chi connectivity index (χ4v) is 4.29. The van der Waals surface area contributed by atoms with Crippen molar-refractivity contribution in [1.29, 1.82) is 0 Å². The van der Waals surface area contributed by atoms with Gasteiger partial charge in [0.2, 0.25) is 5.95 Å². The first-order chi connectivity index (χ1) is 18.4. The highest BCUT2D eigenvalue weighted by atomic mass is 19.1. The number of fused-ring (bicyclic) bond motifs is 1. The molecule has 0 unspecified atom stereocenters. The third kappa shape index (κ3) is 5.53. The van der Waals surface area contributed by atoms with Gasteiger partial charge in [-0.2, -0.15) is 0 Å². The number of carbonyl (C=O) groups is 1. The Balaban J connectivity index is 1.37. The molecule has 5 aromatic rings. The van der Waals surface area contributed by atoms with Gasteiger partial charge in [-0.3, -0.25) is 4.79 Å². The lowest BCUT2D eigenvalue weighted by Gasteiger charge is -2.14. The number of hydrogen-bond donors (Lipinski definition) is 2. The molecule has 0 atom stereocenters. The van der Waals surface area contributed by atoms with E-state index in [1.807, 2.05) is 57.4 Å². The van der Waals surface area contributed by atoms with Gasteiger partial charge in [-0.1, -0.05) is 42.5 Å². The first-order valence-corrected chi connectivity index (χ1v) is 12.3. The maximum absolute atomic E-state index is 14.6. The average Bonchev–Trinajstić information content (AvgIpc) is 2.90. The molecule has 0 aliphatic heterocycles. The quantitative estimate of drug-likeness (QED) is 0.255. The minimum atomic E-state index is -0.347. The van der Waals surface area contributed by atoms with E-state index < -0.39 is 0 Å². The van der Waals surface area contributed by atoms with Crippen molar-refractivity contribution in [2.75, 3.05) is 24.7 Å². The topological polar surface area (TPSA) is 70.2 Å². The summed E-state index contributed by atoms with van der Waals surface area (Å²) in [7, 11) is 4.02. The molecule has 1 heterocycles. The summed E-state index contributed by atoms with van der Waals surface area (Å²) in [6, 6.07) is 27.3. The lowest BCUT2D eigenvalue weighted by Crippen LogP contribution is -2.14. The van der Waals surface area contributed by atoms with Crippen LogP contribution in [0, 0.1) is 12.7 Å². The lowest BCUT2D eigenvalue weighted by atomic mass is 10.1. The molecule has 6 nitrogen and oxygen atoms in total. The van der Waals surface area contributed by atoms with E-state index in [0.717, 1.165) is 28.7 Å². The van der Waals surface area contributed by atoms with Gasteiger partial charge in [-0.05, 0) is 80.7 Å². The number of rotatable bonds is 7. The first-order valence-electron chi connectivity index (χ1n) is 12.3. The van der Waals surface area contributed by atoms with Crippen LogP contribution in [0.2, 0.25) is 0 Å². The Bertz CT molecular complexity index is 1620. The molecule has 38 heavy (non-hydrogen) atoms. The fourth-order valence-electron chi connectivity index (χ4n) is 4.29. The second-order valence-corrected chi connectivity index (χ2v) is 9.44. The predicted octanol–water partition coefficient (Wildman–Crippen LogP) is 6.80. The SMILES string of the molecule is Cc1ccc(CN(C)C)cc1NC(=O)c1ccc(Nc2nc(-c3ccccc3F)c3ccccc3n2)cc1. The molecule has 0 aliphatic carbocycles. The van der Waals surface area contributed by atoms with E-state index in [1.165, 1.54) is 6.07 Å². The molecule has 0 spiro atoms. The Hall–Kier alpha value is -4.62. The Morgan fingerprint density at radius 2 is 1.63 bits per heavy atom. The number of benzene rings is 4. The van der Waals surface area contributed by atoms with E-state index >= 15 is 0 Å². The summed E-state index contributed by atoms with van der Waals surface area (Å²) in [5.74, 6) is -0.196. The molecule has 2 N–H and O–H groups in total. The number of aromatic nitrogens is 2. The van der Waals surface area contributed by atoms with Crippen LogP contribution < -0.4 is 10.6 Å². The molecule has 0 bridgehead atoms. The Morgan fingerprint density at radius 1 is 0.895 bits per heavy atom. The zero-order valence-electron chi connectivity index (χ0n) is 21.5. The Kier molecular flexibility index (Phi) is 7.11. The Labute approximate surface area is 221 Å². The third-order valence-corrected chi connectivity index (χ3v) is 6.18. The number of halogens is 1. The van der Waals surface area contributed by atoms with Crippen LogP contribution in [0.1, 0.15) is 21.5 Å². The van der Waals surface area contributed by atoms with Crippen LogP contribution in [0.3, 0.4) is 0 Å². The smallest absolute Gasteiger partial charge is 0.255 e. The monoisotopic (exact) mass is 505 g/mol. The van der Waals surface area contributed by atoms with Crippen molar-refractivity contribution in [3.8, 4) is 11.3 Å². The molecule has 1 amide bonds. The molecule has 0 saturated heterocycles. The van der Waals surface area contributed by atoms with E-state index in [9.17, 15) is 9.18 Å². The van der Waals surface area contributed by atoms with Gasteiger partial charge in [0, 0.05) is 34.4 Å². The number of carbonyl (C=O) groups excluding carboxylic acids is 1. The van der Waals surface area contributed by atoms with Crippen molar-refractivity contribution in [3.63, 3.8) is 0 Å². The van der Waals surface area contributed by atoms with Gasteiger partial charge in [0.1, 0.15) is 5.82 Å². The van der Waals surface area contributed by atoms with Crippen molar-refractivity contribution in [2.45, 2.75) is 13.5 Å². The number of anilines is 3. The predicted molar refractivity (Wildman–Crippen MR) is 151 cm³/mol. The van der Waals surface area contributed by atoms with Crippen molar-refractivity contribution in [3.05, 3.63) is 114 Å². The zero-order chi connectivity index (χ0) is 26.6. The van der Waals surface area contributed by atoms with Crippen LogP contribution in [-0.2, 0) is 6.54 Å². The van der Waals surface area contributed by atoms with Gasteiger partial charge in [0.15, 0.2) is 0 Å². The maximum Gasteiger partial charge on any atom is 0.255 e. The molecular formula is C31H28FN5O. The van der Waals surface area contributed by atoms with Crippen molar-refractivity contribution < 1.29 is 9.18 Å². The molecule has 1 aromatic heterocycles. The number of nitrogens with zero attached hydrogens (tertiary/aromatic N) is 3. The maximum atomic E-state index is 14.6. The van der Waals surface area contributed by atoms with Gasteiger partial charge in [0.05, 0.1) is 11.2 Å². The van der Waals surface area contributed by atoms with Gasteiger partial charge < -0.3 is 15.5 Å². The van der Waals surface area contributed by atoms with Crippen LogP contribution in [0.4, 0.5) is 21.7 Å². The molecule has 5 rings (SSSR count). The summed E-state index contributed by atoms with van der Waals surface area (Å²) in [5, 5.41) is 6.98. The fraction of sp³-hybridized carbons (Fsp3) is 0.129. The van der Waals surface area contributed by atoms with E-state index in [1.54, 1.807) is 42.5 Å². The summed E-state index contributed by atoms with van der Waals surface area (Å²) < 4.78 is 14.6. The number of hydrogen-bond acceptors (Lipinski definition) is 5. The summed E-state index contributed by atoms with van der Waals surface area (Å²) in [4.78, 5) is 24.3. The molecular weight excluding hydrogens is 477 g/mol. The number of nitrogens with one attached hydrogen (secondary N) is 2. The van der Waals surface area contributed by atoms with Crippen LogP contribution in [0.5, 0.6) is 0 Å². The second kappa shape index (κ2) is 10.8. The van der Waals surface area contributed by atoms with Gasteiger partial charge in [-0.15, -0.1) is 0 Å². The van der Waals surface area contributed by atoms with E-state index in [2.05, 4.69) is 31.6 Å². The normalized spacial score (nSPS) is 11.1. The number of aryl methyl sites for hydroxylation is 1. The van der Waals surface area contributed by atoms with Crippen LogP contribution in [0.25, 0.3) is 22.2 Å². The van der Waals surface area contributed by atoms with E-state index in [4.69, 9.17) is 0 Å². The van der Waals surface area contributed by atoms with Gasteiger partial charge in [0.25, 0.3) is 5.91 Å². The summed E-state index contributed by atoms with van der Waals surface area (Å²) in [6.45, 7) is 2.76. The largest absolute Gasteiger partial charge is 0.324 e. The average molecular weight is 506 g/mol. The third-order valence-electron chi connectivity index (χ3n) is 6.18. The van der Waals surface area contributed by atoms with Gasteiger partial charge >= 0.3 is 0 Å². The standard InChI is InChI=1S/C31H28FN5O/c1-20-12-13-21(19-37(2)3)18-28(20)34-30(38)22-14-16-23(17-15-22)33-31-35-27-11-7-5-9-25(27)29(36-31)24-8-4-6-10-26(24)32/h4-18H,19H2,1-3H3,(H,34,38)(H,33,35,36). The number of para-hydroxylation sites is 1. The second-order valence-electron chi connectivity index (χ2n) is 9.44. The highest BCUT2D eigenvalue weighted by molar-refractivity contribution is 6.05. The molecule has 190 valence electrons. The minimum Gasteiger partial charge on any atom is -0.324 e. The highest BCUT2D eigenvalue weighted by Crippen LogP contribution is 2.30. The molecule has 0 radical (unpaired) electrons. The van der Waals surface area contributed by atoms with E-state index in [-0.39, 0.29) is 11.7 Å². The van der Waals surface area contributed by atoms with Crippen molar-refractivity contribution >= 4 is 34.1 Å². The molecule has 0 aliphatic rings. The van der Waals surface area contributed by atoms with Gasteiger partial charge in [-0.25, -0.2) is 14.4 Å². The first kappa shape index (κ1) is 25.0. The van der Waals surface area contributed by atoms with Crippen LogP contribution in [-0.4, -0.2) is 34.9 Å². The molecule has 4 aromatic carbocycles. The van der Waals surface area contributed by atoms with Crippen molar-refractivity contribution in [1.82, 2.24) is 14.9 Å². The van der Waals surface area contributed by atoms with Crippen LogP contribution in [0.15, 0.2) is 91.0 Å². The minimum absolute atomic E-state index is 0.189. The summed E-state index contributed by atoms with van der Waals surface area (Å²) >= 11 is 0. The summed E-state index contributed by atoms with van der Waals surface area (Å²) in [5.41, 5.74) is 5.77. The summed E-state index contributed by atoms with van der Waals surface area (Å²) in [6.07, 6.45) is 0. The van der Waals surface area contributed by atoms with Crippen LogP contribution >= 0.6 is 0 Å². The van der Waals surface area contributed by atoms with E-state index in [0.29, 0.717) is 34.0 Å². The molecule has 0 saturated carbocycles. The Morgan fingerprint density at radius 3 is 2.39 bits per heavy atom.